The van der Waals surface area contributed by atoms with Crippen LogP contribution in [0.15, 0.2) is 11.6 Å². The number of alkyl halides is 1. The molecule has 6 fully saturated rings. The maximum Gasteiger partial charge on any atom is 0.306 e. The van der Waals surface area contributed by atoms with Gasteiger partial charge in [-0.15, -0.1) is 0 Å². The van der Waals surface area contributed by atoms with E-state index in [1.54, 1.807) is 0 Å². The first-order valence-electron chi connectivity index (χ1n) is 11.4. The van der Waals surface area contributed by atoms with Crippen molar-refractivity contribution in [2.75, 3.05) is 0 Å². The summed E-state index contributed by atoms with van der Waals surface area (Å²) < 4.78 is 22.2. The van der Waals surface area contributed by atoms with Gasteiger partial charge < -0.3 is 4.74 Å². The minimum atomic E-state index is -0.858. The third-order valence-corrected chi connectivity index (χ3v) is 10.8. The zero-order valence-electron chi connectivity index (χ0n) is 16.7. The van der Waals surface area contributed by atoms with Gasteiger partial charge in [-0.3, -0.25) is 9.59 Å². The van der Waals surface area contributed by atoms with Crippen LogP contribution in [0, 0.1) is 52.3 Å². The van der Waals surface area contributed by atoms with Crippen molar-refractivity contribution in [1.29, 1.82) is 0 Å². The molecule has 0 radical (unpaired) electrons. The van der Waals surface area contributed by atoms with Crippen LogP contribution in [0.2, 0.25) is 0 Å². The molecule has 7 aliphatic rings. The van der Waals surface area contributed by atoms with E-state index in [0.29, 0.717) is 54.8 Å². The first-order chi connectivity index (χ1) is 13.3. The Labute approximate surface area is 165 Å². The fourth-order valence-electron chi connectivity index (χ4n) is 9.78. The molecule has 5 unspecified atom stereocenters. The lowest BCUT2D eigenvalue weighted by atomic mass is 9.44. The molecule has 0 aromatic rings. The Morgan fingerprint density at radius 1 is 1.07 bits per heavy atom. The fourth-order valence-corrected chi connectivity index (χ4v) is 9.78. The summed E-state index contributed by atoms with van der Waals surface area (Å²) >= 11 is 0. The summed E-state index contributed by atoms with van der Waals surface area (Å²) in [5, 5.41) is 0. The predicted octanol–water partition coefficient (Wildman–Crippen LogP) is 4.25. The fraction of sp³-hybridized carbons (Fsp3) is 0.833. The standard InChI is InChI=1S/C24H29FO3/c1-22-5-3-11(26)7-15(22)12-8-13(12)19-20-14-9-16(14)24(6-4-18(27)28-24)23(20,2)10-17(25)21(19)22/h7,12-14,16-17,19-21H,3-6,8-10H2,1-2H3/t12?,13?,14-,16+,17+,19?,20?,21?,22+,23+,24+/m1/s1. The molecule has 0 N–H and O–H groups in total. The molecule has 7 rings (SSSR count). The van der Waals surface area contributed by atoms with Gasteiger partial charge in [0.25, 0.3) is 0 Å². The van der Waals surface area contributed by atoms with Crippen molar-refractivity contribution in [3.8, 4) is 0 Å². The molecule has 1 saturated heterocycles. The highest BCUT2D eigenvalue weighted by atomic mass is 19.1. The van der Waals surface area contributed by atoms with Crippen LogP contribution in [0.25, 0.3) is 0 Å². The number of esters is 1. The van der Waals surface area contributed by atoms with Gasteiger partial charge in [-0.05, 0) is 73.2 Å². The molecule has 1 heterocycles. The molecule has 1 spiro atoms. The number of carbonyl (C=O) groups is 2. The number of ketones is 1. The van der Waals surface area contributed by atoms with Crippen LogP contribution in [-0.2, 0) is 14.3 Å². The minimum absolute atomic E-state index is 0.0437. The van der Waals surface area contributed by atoms with Crippen molar-refractivity contribution in [2.45, 2.75) is 70.6 Å². The number of fused-ring (bicyclic) bond motifs is 12. The van der Waals surface area contributed by atoms with Gasteiger partial charge in [0.2, 0.25) is 0 Å². The van der Waals surface area contributed by atoms with Gasteiger partial charge >= 0.3 is 5.97 Å². The van der Waals surface area contributed by atoms with Crippen LogP contribution < -0.4 is 0 Å². The Hall–Kier alpha value is -1.19. The molecular weight excluding hydrogens is 355 g/mol. The molecule has 6 aliphatic carbocycles. The molecule has 4 heteroatoms. The van der Waals surface area contributed by atoms with E-state index >= 15 is 4.39 Å². The zero-order chi connectivity index (χ0) is 19.2. The molecule has 28 heavy (non-hydrogen) atoms. The van der Waals surface area contributed by atoms with E-state index in [4.69, 9.17) is 4.74 Å². The highest BCUT2D eigenvalue weighted by molar-refractivity contribution is 5.92. The summed E-state index contributed by atoms with van der Waals surface area (Å²) in [6.45, 7) is 4.53. The maximum absolute atomic E-state index is 16.1. The van der Waals surface area contributed by atoms with Crippen molar-refractivity contribution >= 4 is 11.8 Å². The summed E-state index contributed by atoms with van der Waals surface area (Å²) in [5.74, 6) is 3.26. The van der Waals surface area contributed by atoms with Gasteiger partial charge in [-0.25, -0.2) is 4.39 Å². The van der Waals surface area contributed by atoms with Gasteiger partial charge in [0.1, 0.15) is 11.8 Å². The summed E-state index contributed by atoms with van der Waals surface area (Å²) in [6.07, 6.45) is 6.59. The SMILES string of the molecule is C[C@]12CCC(=O)C=C1C1CC1C1C2[C@@H](F)C[C@@]2(C)C1[C@@H]1C[C@@H]1[C@@]21CCC(=O)O1. The molecule has 1 aliphatic heterocycles. The van der Waals surface area contributed by atoms with Gasteiger partial charge in [0.05, 0.1) is 0 Å². The van der Waals surface area contributed by atoms with E-state index in [1.165, 1.54) is 12.0 Å². The first-order valence-corrected chi connectivity index (χ1v) is 11.4. The van der Waals surface area contributed by atoms with Gasteiger partial charge in [-0.2, -0.15) is 0 Å². The number of rotatable bonds is 0. The second kappa shape index (κ2) is 4.59. The Balaban J connectivity index is 1.36. The second-order valence-electron chi connectivity index (χ2n) is 11.6. The van der Waals surface area contributed by atoms with Crippen molar-refractivity contribution in [1.82, 2.24) is 0 Å². The largest absolute Gasteiger partial charge is 0.458 e. The number of hydrogen-bond acceptors (Lipinski definition) is 3. The summed E-state index contributed by atoms with van der Waals surface area (Å²) in [5.41, 5.74) is 0.540. The summed E-state index contributed by atoms with van der Waals surface area (Å²) in [6, 6.07) is 0. The van der Waals surface area contributed by atoms with Crippen LogP contribution in [0.3, 0.4) is 0 Å². The number of allylic oxidation sites excluding steroid dienone is 1. The van der Waals surface area contributed by atoms with Crippen molar-refractivity contribution in [2.24, 2.45) is 52.3 Å². The van der Waals surface area contributed by atoms with E-state index in [1.807, 2.05) is 6.08 Å². The third kappa shape index (κ3) is 1.60. The Kier molecular flexibility index (Phi) is 2.72. The molecule has 0 aromatic heterocycles. The van der Waals surface area contributed by atoms with Gasteiger partial charge in [0, 0.05) is 30.1 Å². The van der Waals surface area contributed by atoms with Crippen LogP contribution in [-0.4, -0.2) is 23.5 Å². The van der Waals surface area contributed by atoms with Gasteiger partial charge in [0.15, 0.2) is 5.78 Å². The van der Waals surface area contributed by atoms with E-state index in [2.05, 4.69) is 13.8 Å². The van der Waals surface area contributed by atoms with E-state index < -0.39 is 11.8 Å². The van der Waals surface area contributed by atoms with E-state index in [-0.39, 0.29) is 28.5 Å². The van der Waals surface area contributed by atoms with Crippen molar-refractivity contribution in [3.05, 3.63) is 11.6 Å². The molecule has 11 atom stereocenters. The third-order valence-electron chi connectivity index (χ3n) is 10.8. The highest BCUT2D eigenvalue weighted by Gasteiger charge is 2.82. The molecule has 5 saturated carbocycles. The Bertz CT molecular complexity index is 864. The average Bonchev–Trinajstić information content (AvgIpc) is 3.53. The molecular formula is C24H29FO3. The summed E-state index contributed by atoms with van der Waals surface area (Å²) in [4.78, 5) is 24.3. The predicted molar refractivity (Wildman–Crippen MR) is 99.8 cm³/mol. The lowest BCUT2D eigenvalue weighted by molar-refractivity contribution is -0.188. The molecule has 0 aromatic carbocycles. The van der Waals surface area contributed by atoms with E-state index in [0.717, 1.165) is 19.3 Å². The Morgan fingerprint density at radius 3 is 2.64 bits per heavy atom. The van der Waals surface area contributed by atoms with Crippen LogP contribution in [0.1, 0.15) is 58.8 Å². The topological polar surface area (TPSA) is 43.4 Å². The van der Waals surface area contributed by atoms with Crippen LogP contribution in [0.4, 0.5) is 4.39 Å². The van der Waals surface area contributed by atoms with Crippen LogP contribution in [0.5, 0.6) is 0 Å². The normalized spacial score (nSPS) is 62.9. The smallest absolute Gasteiger partial charge is 0.306 e. The summed E-state index contributed by atoms with van der Waals surface area (Å²) in [7, 11) is 0. The Morgan fingerprint density at radius 2 is 1.89 bits per heavy atom. The van der Waals surface area contributed by atoms with Crippen molar-refractivity contribution < 1.29 is 18.7 Å². The highest BCUT2D eigenvalue weighted by Crippen LogP contribution is 2.82. The molecule has 150 valence electrons. The zero-order valence-corrected chi connectivity index (χ0v) is 16.7. The minimum Gasteiger partial charge on any atom is -0.458 e. The lowest BCUT2D eigenvalue weighted by Crippen LogP contribution is -2.61. The lowest BCUT2D eigenvalue weighted by Gasteiger charge is -2.61. The monoisotopic (exact) mass is 384 g/mol. The molecule has 0 amide bonds. The number of carbonyl (C=O) groups excluding carboxylic acids is 2. The van der Waals surface area contributed by atoms with Crippen molar-refractivity contribution in [3.63, 3.8) is 0 Å². The number of halogens is 1. The van der Waals surface area contributed by atoms with E-state index in [9.17, 15) is 9.59 Å². The van der Waals surface area contributed by atoms with Crippen LogP contribution >= 0.6 is 0 Å². The van der Waals surface area contributed by atoms with Gasteiger partial charge in [-0.1, -0.05) is 19.4 Å². The maximum atomic E-state index is 16.1. The average molecular weight is 384 g/mol. The second-order valence-corrected chi connectivity index (χ2v) is 11.6. The molecule has 0 bridgehead atoms. The quantitative estimate of drug-likeness (QED) is 0.586. The number of ether oxygens (including phenoxy) is 1. The number of hydrogen-bond donors (Lipinski definition) is 0. The first kappa shape index (κ1) is 16.6. The molecule has 3 nitrogen and oxygen atoms in total.